The van der Waals surface area contributed by atoms with Gasteiger partial charge in [-0.25, -0.2) is 4.98 Å². The number of aromatic nitrogens is 3. The molecule has 4 rings (SSSR count). The Bertz CT molecular complexity index is 1160. The van der Waals surface area contributed by atoms with Crippen LogP contribution in [-0.2, 0) is 0 Å². The minimum Gasteiger partial charge on any atom is -0.339 e. The summed E-state index contributed by atoms with van der Waals surface area (Å²) in [5.74, 6) is 7.19. The summed E-state index contributed by atoms with van der Waals surface area (Å²) < 4.78 is 5.04. The van der Waals surface area contributed by atoms with Gasteiger partial charge in [0.1, 0.15) is 5.69 Å². The molecule has 0 radical (unpaired) electrons. The SMILES string of the molecule is Cc1cccc(C#CC=C2CCN(C(=O)c3cccc(-c4noc(C)n4)c3)CC2)n1. The van der Waals surface area contributed by atoms with Crippen LogP contribution in [0.2, 0.25) is 0 Å². The van der Waals surface area contributed by atoms with Gasteiger partial charge in [-0.2, -0.15) is 4.98 Å². The first kappa shape index (κ1) is 19.6. The summed E-state index contributed by atoms with van der Waals surface area (Å²) >= 11 is 0. The van der Waals surface area contributed by atoms with E-state index in [1.54, 1.807) is 6.92 Å². The van der Waals surface area contributed by atoms with Crippen molar-refractivity contribution in [3.05, 3.63) is 77.0 Å². The number of allylic oxidation sites excluding steroid dienone is 1. The fraction of sp³-hybridized carbons (Fsp3) is 0.250. The van der Waals surface area contributed by atoms with E-state index in [9.17, 15) is 4.79 Å². The monoisotopic (exact) mass is 398 g/mol. The highest BCUT2D eigenvalue weighted by Crippen LogP contribution is 2.21. The number of aryl methyl sites for hydroxylation is 2. The molecule has 0 unspecified atom stereocenters. The molecule has 6 nitrogen and oxygen atoms in total. The van der Waals surface area contributed by atoms with E-state index in [2.05, 4.69) is 27.0 Å². The number of benzene rings is 1. The highest BCUT2D eigenvalue weighted by molar-refractivity contribution is 5.95. The predicted molar refractivity (Wildman–Crippen MR) is 114 cm³/mol. The van der Waals surface area contributed by atoms with Gasteiger partial charge in [0, 0.05) is 36.8 Å². The summed E-state index contributed by atoms with van der Waals surface area (Å²) in [4.78, 5) is 23.4. The molecule has 3 aromatic rings. The van der Waals surface area contributed by atoms with Crippen LogP contribution in [0.5, 0.6) is 0 Å². The van der Waals surface area contributed by atoms with Crippen LogP contribution in [0.1, 0.15) is 40.5 Å². The van der Waals surface area contributed by atoms with Gasteiger partial charge in [-0.05, 0) is 56.0 Å². The molecule has 1 aliphatic heterocycles. The Balaban J connectivity index is 1.39. The quantitative estimate of drug-likeness (QED) is 0.611. The average Bonchev–Trinajstić information content (AvgIpc) is 3.20. The predicted octanol–water partition coefficient (Wildman–Crippen LogP) is 3.96. The first-order valence-electron chi connectivity index (χ1n) is 9.91. The Morgan fingerprint density at radius 1 is 1.10 bits per heavy atom. The molecule has 1 aromatic carbocycles. The minimum absolute atomic E-state index is 0.0196. The summed E-state index contributed by atoms with van der Waals surface area (Å²) in [5.41, 5.74) is 4.40. The van der Waals surface area contributed by atoms with Crippen molar-refractivity contribution in [2.75, 3.05) is 13.1 Å². The molecule has 1 fully saturated rings. The zero-order valence-corrected chi connectivity index (χ0v) is 17.1. The van der Waals surface area contributed by atoms with E-state index in [-0.39, 0.29) is 5.91 Å². The van der Waals surface area contributed by atoms with Crippen LogP contribution in [0, 0.1) is 25.7 Å². The minimum atomic E-state index is 0.0196. The number of carbonyl (C=O) groups is 1. The molecule has 0 bridgehead atoms. The summed E-state index contributed by atoms with van der Waals surface area (Å²) in [6.07, 6.45) is 3.61. The van der Waals surface area contributed by atoms with Crippen molar-refractivity contribution in [3.8, 4) is 23.2 Å². The number of likely N-dealkylation sites (tertiary alicyclic amines) is 1. The molecule has 0 atom stereocenters. The van der Waals surface area contributed by atoms with E-state index in [0.29, 0.717) is 30.4 Å². The lowest BCUT2D eigenvalue weighted by Crippen LogP contribution is -2.36. The van der Waals surface area contributed by atoms with Crippen molar-refractivity contribution in [2.45, 2.75) is 26.7 Å². The summed E-state index contributed by atoms with van der Waals surface area (Å²) in [7, 11) is 0. The number of piperidine rings is 1. The fourth-order valence-corrected chi connectivity index (χ4v) is 3.36. The van der Waals surface area contributed by atoms with Crippen molar-refractivity contribution in [1.29, 1.82) is 0 Å². The first-order chi connectivity index (χ1) is 14.6. The fourth-order valence-electron chi connectivity index (χ4n) is 3.36. The van der Waals surface area contributed by atoms with E-state index >= 15 is 0 Å². The van der Waals surface area contributed by atoms with E-state index in [4.69, 9.17) is 4.52 Å². The number of nitrogens with zero attached hydrogens (tertiary/aromatic N) is 4. The van der Waals surface area contributed by atoms with E-state index < -0.39 is 0 Å². The normalized spacial score (nSPS) is 13.5. The van der Waals surface area contributed by atoms with E-state index in [0.717, 1.165) is 29.8 Å². The van der Waals surface area contributed by atoms with Gasteiger partial charge in [0.15, 0.2) is 0 Å². The van der Waals surface area contributed by atoms with Crippen LogP contribution in [0.4, 0.5) is 0 Å². The van der Waals surface area contributed by atoms with Crippen molar-refractivity contribution in [2.24, 2.45) is 0 Å². The van der Waals surface area contributed by atoms with Gasteiger partial charge < -0.3 is 9.42 Å². The zero-order valence-electron chi connectivity index (χ0n) is 17.1. The van der Waals surface area contributed by atoms with Gasteiger partial charge in [0.25, 0.3) is 5.91 Å². The molecule has 2 aromatic heterocycles. The molecule has 0 aliphatic carbocycles. The van der Waals surface area contributed by atoms with Gasteiger partial charge >= 0.3 is 0 Å². The molecule has 1 aliphatic rings. The summed E-state index contributed by atoms with van der Waals surface area (Å²) in [6, 6.07) is 13.2. The molecular weight excluding hydrogens is 376 g/mol. The van der Waals surface area contributed by atoms with Crippen molar-refractivity contribution in [3.63, 3.8) is 0 Å². The van der Waals surface area contributed by atoms with Crippen LogP contribution < -0.4 is 0 Å². The number of hydrogen-bond acceptors (Lipinski definition) is 5. The van der Waals surface area contributed by atoms with Crippen LogP contribution in [0.3, 0.4) is 0 Å². The van der Waals surface area contributed by atoms with Crippen molar-refractivity contribution < 1.29 is 9.32 Å². The average molecular weight is 398 g/mol. The Morgan fingerprint density at radius 2 is 1.90 bits per heavy atom. The molecule has 0 saturated carbocycles. The van der Waals surface area contributed by atoms with Gasteiger partial charge in [-0.15, -0.1) is 0 Å². The van der Waals surface area contributed by atoms with Gasteiger partial charge in [0.2, 0.25) is 11.7 Å². The largest absolute Gasteiger partial charge is 0.339 e. The lowest BCUT2D eigenvalue weighted by molar-refractivity contribution is 0.0743. The third-order valence-corrected chi connectivity index (χ3v) is 4.95. The number of hydrogen-bond donors (Lipinski definition) is 0. The number of carbonyl (C=O) groups excluding carboxylic acids is 1. The summed E-state index contributed by atoms with van der Waals surface area (Å²) in [5, 5.41) is 3.93. The second-order valence-electron chi connectivity index (χ2n) is 7.25. The smallest absolute Gasteiger partial charge is 0.253 e. The molecule has 6 heteroatoms. The Kier molecular flexibility index (Phi) is 5.71. The molecule has 1 saturated heterocycles. The van der Waals surface area contributed by atoms with Crippen molar-refractivity contribution in [1.82, 2.24) is 20.0 Å². The van der Waals surface area contributed by atoms with E-state index in [1.807, 2.05) is 60.4 Å². The van der Waals surface area contributed by atoms with E-state index in [1.165, 1.54) is 5.57 Å². The molecule has 30 heavy (non-hydrogen) atoms. The molecule has 3 heterocycles. The van der Waals surface area contributed by atoms with Gasteiger partial charge in [0.05, 0.1) is 0 Å². The standard InChI is InChI=1S/C24H22N4O2/c1-17-6-3-10-22(25-17)11-4-7-19-12-14-28(15-13-19)24(29)21-9-5-8-20(16-21)23-26-18(2)30-27-23/h3,5-10,16H,12-15H2,1-2H3. The Hall–Kier alpha value is -3.72. The first-order valence-corrected chi connectivity index (χ1v) is 9.91. The molecular formula is C24H22N4O2. The van der Waals surface area contributed by atoms with Gasteiger partial charge in [-0.3, -0.25) is 4.79 Å². The van der Waals surface area contributed by atoms with Crippen LogP contribution in [-0.4, -0.2) is 39.0 Å². The van der Waals surface area contributed by atoms with Crippen molar-refractivity contribution >= 4 is 5.91 Å². The molecule has 150 valence electrons. The lowest BCUT2D eigenvalue weighted by atomic mass is 10.0. The topological polar surface area (TPSA) is 72.1 Å². The molecule has 0 spiro atoms. The maximum atomic E-state index is 12.9. The third-order valence-electron chi connectivity index (χ3n) is 4.95. The van der Waals surface area contributed by atoms with Gasteiger partial charge in [-0.1, -0.05) is 34.8 Å². The van der Waals surface area contributed by atoms with Crippen LogP contribution >= 0.6 is 0 Å². The molecule has 1 amide bonds. The maximum absolute atomic E-state index is 12.9. The highest BCUT2D eigenvalue weighted by Gasteiger charge is 2.21. The highest BCUT2D eigenvalue weighted by atomic mass is 16.5. The maximum Gasteiger partial charge on any atom is 0.253 e. The lowest BCUT2D eigenvalue weighted by Gasteiger charge is -2.28. The molecule has 0 N–H and O–H groups in total. The number of pyridine rings is 1. The number of amides is 1. The zero-order chi connectivity index (χ0) is 20.9. The third kappa shape index (κ3) is 4.64. The number of rotatable bonds is 2. The summed E-state index contributed by atoms with van der Waals surface area (Å²) in [6.45, 7) is 5.06. The van der Waals surface area contributed by atoms with Crippen LogP contribution in [0.15, 0.2) is 58.6 Å². The van der Waals surface area contributed by atoms with Crippen LogP contribution in [0.25, 0.3) is 11.4 Å². The second-order valence-corrected chi connectivity index (χ2v) is 7.25. The second kappa shape index (κ2) is 8.75. The Morgan fingerprint density at radius 3 is 2.63 bits per heavy atom. The Labute approximate surface area is 175 Å².